The second-order valence-electron chi connectivity index (χ2n) is 6.66. The van der Waals surface area contributed by atoms with Crippen LogP contribution in [0.4, 0.5) is 0 Å². The number of nitrogens with one attached hydrogen (secondary N) is 1. The van der Waals surface area contributed by atoms with Crippen molar-refractivity contribution in [3.8, 4) is 23.7 Å². The molecule has 0 bridgehead atoms. The molecular weight excluding hydrogens is 395 g/mol. The average molecular weight is 419 g/mol. The molecule has 0 aliphatic carbocycles. The van der Waals surface area contributed by atoms with E-state index in [1.807, 2.05) is 50.2 Å². The summed E-state index contributed by atoms with van der Waals surface area (Å²) in [6, 6.07) is 17.1. The Hall–Kier alpha value is -2.21. The minimum atomic E-state index is -0.745. The highest BCUT2D eigenvalue weighted by Gasteiger charge is 2.16. The topological polar surface area (TPSA) is 65.3 Å². The van der Waals surface area contributed by atoms with E-state index >= 15 is 0 Å². The fraction of sp³-hybridized carbons (Fsp3) is 0.318. The molecule has 0 saturated heterocycles. The monoisotopic (exact) mass is 418 g/mol. The number of β-amino-alcohol motifs (C(OH)–C–C–N with tert-alkyl or cyclic N) is 1. The van der Waals surface area contributed by atoms with Gasteiger partial charge in [-0.1, -0.05) is 59.8 Å². The minimum Gasteiger partial charge on any atom is -0.489 e. The van der Waals surface area contributed by atoms with E-state index in [-0.39, 0.29) is 24.6 Å². The van der Waals surface area contributed by atoms with E-state index in [1.165, 1.54) is 5.56 Å². The molecule has 28 heavy (non-hydrogen) atoms. The van der Waals surface area contributed by atoms with Crippen molar-refractivity contribution in [2.45, 2.75) is 31.9 Å². The van der Waals surface area contributed by atoms with Crippen molar-refractivity contribution in [2.24, 2.45) is 0 Å². The molecule has 4 nitrogen and oxygen atoms in total. The van der Waals surface area contributed by atoms with Crippen LogP contribution in [0, 0.1) is 23.2 Å². The van der Waals surface area contributed by atoms with Crippen LogP contribution in [-0.4, -0.2) is 29.9 Å². The Kier molecular flexibility index (Phi) is 9.87. The second kappa shape index (κ2) is 11.6. The summed E-state index contributed by atoms with van der Waals surface area (Å²) in [4.78, 5) is 0. The van der Waals surface area contributed by atoms with Gasteiger partial charge in [0.15, 0.2) is 0 Å². The van der Waals surface area contributed by atoms with Gasteiger partial charge in [0.2, 0.25) is 0 Å². The number of benzene rings is 2. The summed E-state index contributed by atoms with van der Waals surface area (Å²) in [5, 5.41) is 22.9. The normalized spacial score (nSPS) is 11.4. The highest BCUT2D eigenvalue weighted by Crippen LogP contribution is 2.25. The van der Waals surface area contributed by atoms with Gasteiger partial charge in [-0.3, -0.25) is 5.32 Å². The summed E-state index contributed by atoms with van der Waals surface area (Å²) in [5.74, 6) is 6.72. The first-order valence-electron chi connectivity index (χ1n) is 8.70. The smallest absolute Gasteiger partial charge is 0.138 e. The van der Waals surface area contributed by atoms with Crippen LogP contribution in [0.1, 0.15) is 25.0 Å². The lowest BCUT2D eigenvalue weighted by Gasteiger charge is -2.22. The first-order valence-corrected chi connectivity index (χ1v) is 9.07. The van der Waals surface area contributed by atoms with E-state index in [2.05, 4.69) is 17.2 Å². The molecule has 0 aliphatic heterocycles. The van der Waals surface area contributed by atoms with E-state index in [0.717, 1.165) is 0 Å². The van der Waals surface area contributed by atoms with Crippen molar-refractivity contribution in [2.75, 3.05) is 13.2 Å². The molecule has 2 aromatic carbocycles. The highest BCUT2D eigenvalue weighted by atomic mass is 35.5. The number of hydrogen-bond donors (Lipinski definition) is 2. The van der Waals surface area contributed by atoms with E-state index in [9.17, 15) is 5.11 Å². The number of aliphatic hydroxyl groups excluding tert-OH is 1. The predicted octanol–water partition coefficient (Wildman–Crippen LogP) is 3.99. The van der Waals surface area contributed by atoms with Crippen LogP contribution in [0.25, 0.3) is 0 Å². The van der Waals surface area contributed by atoms with Crippen LogP contribution in [0.5, 0.6) is 5.75 Å². The van der Waals surface area contributed by atoms with Crippen LogP contribution >= 0.6 is 24.0 Å². The summed E-state index contributed by atoms with van der Waals surface area (Å²) in [6.07, 6.45) is -0.0609. The molecule has 0 aliphatic rings. The number of ether oxygens (including phenoxy) is 1. The molecule has 0 spiro atoms. The van der Waals surface area contributed by atoms with Crippen molar-refractivity contribution < 1.29 is 9.84 Å². The van der Waals surface area contributed by atoms with Gasteiger partial charge in [-0.25, -0.2) is 0 Å². The van der Waals surface area contributed by atoms with Crippen molar-refractivity contribution in [1.82, 2.24) is 5.32 Å². The molecule has 1 atom stereocenters. The Bertz CT molecular complexity index is 852. The molecule has 0 radical (unpaired) electrons. The third-order valence-corrected chi connectivity index (χ3v) is 4.15. The molecule has 1 unspecified atom stereocenters. The highest BCUT2D eigenvalue weighted by molar-refractivity contribution is 6.31. The molecule has 2 aromatic rings. The summed E-state index contributed by atoms with van der Waals surface area (Å²) < 4.78 is 5.54. The van der Waals surface area contributed by atoms with Gasteiger partial charge in [-0.2, -0.15) is 5.26 Å². The Balaban J connectivity index is 0.00000392. The first-order chi connectivity index (χ1) is 12.9. The summed E-state index contributed by atoms with van der Waals surface area (Å²) in [7, 11) is 0. The van der Waals surface area contributed by atoms with Crippen LogP contribution in [-0.2, 0) is 6.42 Å². The number of rotatable bonds is 7. The standard InChI is InChI=1S/C22H23ClN2O2.ClH/c1-22(2,13-7-10-17-8-4-3-5-9-17)25-15-18(26)16-27-21-12-6-11-20(23)19(21)14-24;/h3-6,8-9,11-12,18,25-26H,10,15-16H2,1-2H3;1H. The molecule has 0 aromatic heterocycles. The number of nitrogens with zero attached hydrogens (tertiary/aromatic N) is 1. The summed E-state index contributed by atoms with van der Waals surface area (Å²) in [5.41, 5.74) is 0.999. The van der Waals surface area contributed by atoms with Gasteiger partial charge >= 0.3 is 0 Å². The Morgan fingerprint density at radius 2 is 1.89 bits per heavy atom. The number of hydrogen-bond acceptors (Lipinski definition) is 4. The molecule has 2 rings (SSSR count). The van der Waals surface area contributed by atoms with Crippen LogP contribution in [0.15, 0.2) is 48.5 Å². The van der Waals surface area contributed by atoms with Crippen molar-refractivity contribution in [3.63, 3.8) is 0 Å². The fourth-order valence-electron chi connectivity index (χ4n) is 2.36. The van der Waals surface area contributed by atoms with Crippen LogP contribution in [0.2, 0.25) is 5.02 Å². The maximum atomic E-state index is 10.2. The van der Waals surface area contributed by atoms with Crippen LogP contribution in [0.3, 0.4) is 0 Å². The number of aliphatic hydroxyl groups is 1. The predicted molar refractivity (Wildman–Crippen MR) is 115 cm³/mol. The lowest BCUT2D eigenvalue weighted by atomic mass is 10.0. The SMILES string of the molecule is CC(C)(C#CCc1ccccc1)NCC(O)COc1cccc(Cl)c1C#N.Cl. The zero-order chi connectivity index (χ0) is 19.7. The van der Waals surface area contributed by atoms with Crippen molar-refractivity contribution in [3.05, 3.63) is 64.7 Å². The maximum absolute atomic E-state index is 10.2. The first kappa shape index (κ1) is 23.8. The van der Waals surface area contributed by atoms with Crippen molar-refractivity contribution in [1.29, 1.82) is 5.26 Å². The Morgan fingerprint density at radius 3 is 2.57 bits per heavy atom. The zero-order valence-electron chi connectivity index (χ0n) is 15.9. The fourth-order valence-corrected chi connectivity index (χ4v) is 2.57. The lowest BCUT2D eigenvalue weighted by Crippen LogP contribution is -2.43. The molecule has 0 saturated carbocycles. The van der Waals surface area contributed by atoms with Gasteiger partial charge in [-0.05, 0) is 31.5 Å². The van der Waals surface area contributed by atoms with E-state index < -0.39 is 11.6 Å². The molecule has 6 heteroatoms. The van der Waals surface area contributed by atoms with Crippen LogP contribution < -0.4 is 10.1 Å². The van der Waals surface area contributed by atoms with Gasteiger partial charge in [0, 0.05) is 13.0 Å². The second-order valence-corrected chi connectivity index (χ2v) is 7.07. The van der Waals surface area contributed by atoms with Gasteiger partial charge < -0.3 is 9.84 Å². The average Bonchev–Trinajstić information content (AvgIpc) is 2.65. The minimum absolute atomic E-state index is 0. The summed E-state index contributed by atoms with van der Waals surface area (Å²) >= 11 is 5.97. The Labute approximate surface area is 177 Å². The van der Waals surface area contributed by atoms with Gasteiger partial charge in [-0.15, -0.1) is 12.4 Å². The number of halogens is 2. The van der Waals surface area contributed by atoms with Gasteiger partial charge in [0.05, 0.1) is 10.6 Å². The molecular formula is C22H24Cl2N2O2. The van der Waals surface area contributed by atoms with E-state index in [1.54, 1.807) is 18.2 Å². The zero-order valence-corrected chi connectivity index (χ0v) is 17.5. The quantitative estimate of drug-likeness (QED) is 0.667. The van der Waals surface area contributed by atoms with Gasteiger partial charge in [0.1, 0.15) is 30.1 Å². The lowest BCUT2D eigenvalue weighted by molar-refractivity contribution is 0.102. The van der Waals surface area contributed by atoms with Gasteiger partial charge in [0.25, 0.3) is 0 Å². The molecule has 0 fully saturated rings. The largest absolute Gasteiger partial charge is 0.489 e. The van der Waals surface area contributed by atoms with Crippen molar-refractivity contribution >= 4 is 24.0 Å². The molecule has 148 valence electrons. The Morgan fingerprint density at radius 1 is 1.18 bits per heavy atom. The third-order valence-electron chi connectivity index (χ3n) is 3.83. The molecule has 0 amide bonds. The number of nitriles is 1. The van der Waals surface area contributed by atoms with E-state index in [0.29, 0.717) is 23.7 Å². The molecule has 2 N–H and O–H groups in total. The molecule has 0 heterocycles. The third kappa shape index (κ3) is 7.80. The summed E-state index contributed by atoms with van der Waals surface area (Å²) in [6.45, 7) is 4.29. The van der Waals surface area contributed by atoms with E-state index in [4.69, 9.17) is 21.6 Å². The maximum Gasteiger partial charge on any atom is 0.138 e.